The predicted octanol–water partition coefficient (Wildman–Crippen LogP) is 3.04. The third kappa shape index (κ3) is 4.80. The molecule has 1 atom stereocenters. The number of likely N-dealkylation sites (N-methyl/N-ethyl adjacent to an activating group) is 1. The standard InChI is InChI=1S/C17H21BrN2O3S/c1-20(2)17(13-7-9-15(23-3)10-8-13)12-19-24(21,22)16-6-4-5-14(18)11-16/h4-11,17,19H,12H2,1-3H3. The van der Waals surface area contributed by atoms with Gasteiger partial charge in [0.2, 0.25) is 10.0 Å². The number of benzene rings is 2. The van der Waals surface area contributed by atoms with E-state index in [1.165, 1.54) is 0 Å². The third-order valence-electron chi connectivity index (χ3n) is 3.70. The first-order valence-electron chi connectivity index (χ1n) is 7.39. The van der Waals surface area contributed by atoms with Crippen LogP contribution in [-0.4, -0.2) is 41.1 Å². The highest BCUT2D eigenvalue weighted by atomic mass is 79.9. The smallest absolute Gasteiger partial charge is 0.240 e. The lowest BCUT2D eigenvalue weighted by Crippen LogP contribution is -2.34. The molecule has 0 spiro atoms. The van der Waals surface area contributed by atoms with Crippen molar-refractivity contribution in [2.45, 2.75) is 10.9 Å². The van der Waals surface area contributed by atoms with Crippen molar-refractivity contribution in [2.75, 3.05) is 27.7 Å². The molecule has 0 saturated heterocycles. The van der Waals surface area contributed by atoms with E-state index in [1.807, 2.05) is 43.3 Å². The van der Waals surface area contributed by atoms with Crippen molar-refractivity contribution in [2.24, 2.45) is 0 Å². The molecule has 0 aromatic heterocycles. The molecule has 0 aliphatic carbocycles. The zero-order valence-corrected chi connectivity index (χ0v) is 16.3. The fraction of sp³-hybridized carbons (Fsp3) is 0.294. The summed E-state index contributed by atoms with van der Waals surface area (Å²) in [5.74, 6) is 0.769. The van der Waals surface area contributed by atoms with E-state index in [0.29, 0.717) is 0 Å². The minimum Gasteiger partial charge on any atom is -0.497 e. The zero-order chi connectivity index (χ0) is 17.7. The number of methoxy groups -OCH3 is 1. The summed E-state index contributed by atoms with van der Waals surface area (Å²) in [6.45, 7) is 0.272. The monoisotopic (exact) mass is 412 g/mol. The maximum atomic E-state index is 12.5. The van der Waals surface area contributed by atoms with Crippen LogP contribution in [0.4, 0.5) is 0 Å². The molecular formula is C17H21BrN2O3S. The Morgan fingerprint density at radius 2 is 1.83 bits per heavy atom. The molecule has 0 amide bonds. The fourth-order valence-electron chi connectivity index (χ4n) is 2.33. The molecule has 0 saturated carbocycles. The Hall–Kier alpha value is -1.41. The van der Waals surface area contributed by atoms with Gasteiger partial charge in [0.15, 0.2) is 0 Å². The molecule has 0 bridgehead atoms. The van der Waals surface area contributed by atoms with Crippen LogP contribution in [0.5, 0.6) is 5.75 Å². The average molecular weight is 413 g/mol. The Morgan fingerprint density at radius 3 is 2.38 bits per heavy atom. The fourth-order valence-corrected chi connectivity index (χ4v) is 3.97. The summed E-state index contributed by atoms with van der Waals surface area (Å²) >= 11 is 3.30. The van der Waals surface area contributed by atoms with Gasteiger partial charge in [-0.2, -0.15) is 0 Å². The van der Waals surface area contributed by atoms with Crippen molar-refractivity contribution in [1.82, 2.24) is 9.62 Å². The molecule has 7 heteroatoms. The number of nitrogens with zero attached hydrogens (tertiary/aromatic N) is 1. The minimum absolute atomic E-state index is 0.0853. The van der Waals surface area contributed by atoms with E-state index in [1.54, 1.807) is 31.4 Å². The van der Waals surface area contributed by atoms with Crippen LogP contribution >= 0.6 is 15.9 Å². The molecule has 130 valence electrons. The van der Waals surface area contributed by atoms with Crippen molar-refractivity contribution in [1.29, 1.82) is 0 Å². The minimum atomic E-state index is -3.56. The molecule has 24 heavy (non-hydrogen) atoms. The van der Waals surface area contributed by atoms with Crippen LogP contribution in [0.3, 0.4) is 0 Å². The van der Waals surface area contributed by atoms with E-state index in [2.05, 4.69) is 20.7 Å². The lowest BCUT2D eigenvalue weighted by molar-refractivity contribution is 0.299. The molecule has 0 radical (unpaired) electrons. The highest BCUT2D eigenvalue weighted by molar-refractivity contribution is 9.10. The van der Waals surface area contributed by atoms with Crippen LogP contribution in [0, 0.1) is 0 Å². The van der Waals surface area contributed by atoms with E-state index in [-0.39, 0.29) is 17.5 Å². The molecule has 2 aromatic carbocycles. The summed E-state index contributed by atoms with van der Waals surface area (Å²) in [4.78, 5) is 2.22. The third-order valence-corrected chi connectivity index (χ3v) is 5.61. The van der Waals surface area contributed by atoms with Gasteiger partial charge in [0.05, 0.1) is 12.0 Å². The lowest BCUT2D eigenvalue weighted by Gasteiger charge is -2.25. The van der Waals surface area contributed by atoms with Gasteiger partial charge in [-0.3, -0.25) is 0 Å². The molecule has 1 unspecified atom stereocenters. The van der Waals surface area contributed by atoms with Crippen LogP contribution in [0.15, 0.2) is 57.9 Å². The van der Waals surface area contributed by atoms with E-state index >= 15 is 0 Å². The highest BCUT2D eigenvalue weighted by Gasteiger charge is 2.20. The number of nitrogens with one attached hydrogen (secondary N) is 1. The predicted molar refractivity (Wildman–Crippen MR) is 98.8 cm³/mol. The SMILES string of the molecule is COc1ccc(C(CNS(=O)(=O)c2cccc(Br)c2)N(C)C)cc1. The molecule has 1 N–H and O–H groups in total. The second-order valence-electron chi connectivity index (χ2n) is 5.56. The number of hydrogen-bond acceptors (Lipinski definition) is 4. The first-order valence-corrected chi connectivity index (χ1v) is 9.66. The number of halogens is 1. The van der Waals surface area contributed by atoms with Gasteiger partial charge in [-0.05, 0) is 50.0 Å². The Balaban J connectivity index is 2.16. The molecule has 0 aliphatic heterocycles. The molecule has 2 aromatic rings. The van der Waals surface area contributed by atoms with Gasteiger partial charge < -0.3 is 9.64 Å². The van der Waals surface area contributed by atoms with E-state index in [4.69, 9.17) is 4.74 Å². The Labute approximate surface area is 151 Å². The first kappa shape index (κ1) is 18.9. The van der Waals surface area contributed by atoms with Gasteiger partial charge in [0.1, 0.15) is 5.75 Å². The normalized spacial score (nSPS) is 13.0. The summed E-state index contributed by atoms with van der Waals surface area (Å²) in [6, 6.07) is 14.2. The molecule has 2 rings (SSSR count). The van der Waals surface area contributed by atoms with Gasteiger partial charge >= 0.3 is 0 Å². The number of rotatable bonds is 7. The maximum Gasteiger partial charge on any atom is 0.240 e. The second-order valence-corrected chi connectivity index (χ2v) is 8.24. The second kappa shape index (κ2) is 8.11. The Morgan fingerprint density at radius 1 is 1.17 bits per heavy atom. The van der Waals surface area contributed by atoms with Crippen molar-refractivity contribution >= 4 is 26.0 Å². The van der Waals surface area contributed by atoms with Crippen molar-refractivity contribution < 1.29 is 13.2 Å². The Bertz CT molecular complexity index is 777. The molecule has 5 nitrogen and oxygen atoms in total. The number of sulfonamides is 1. The van der Waals surface area contributed by atoms with E-state index < -0.39 is 10.0 Å². The van der Waals surface area contributed by atoms with Gasteiger partial charge in [-0.25, -0.2) is 13.1 Å². The summed E-state index contributed by atoms with van der Waals surface area (Å²) in [6.07, 6.45) is 0. The van der Waals surface area contributed by atoms with Gasteiger partial charge in [-0.1, -0.05) is 34.1 Å². The van der Waals surface area contributed by atoms with Crippen LogP contribution in [0.1, 0.15) is 11.6 Å². The van der Waals surface area contributed by atoms with E-state index in [9.17, 15) is 8.42 Å². The topological polar surface area (TPSA) is 58.6 Å². The van der Waals surface area contributed by atoms with Gasteiger partial charge in [-0.15, -0.1) is 0 Å². The molecule has 0 fully saturated rings. The van der Waals surface area contributed by atoms with Crippen molar-refractivity contribution in [3.05, 3.63) is 58.6 Å². The lowest BCUT2D eigenvalue weighted by atomic mass is 10.1. The van der Waals surface area contributed by atoms with Crippen LogP contribution in [0.25, 0.3) is 0 Å². The van der Waals surface area contributed by atoms with Crippen LogP contribution in [-0.2, 0) is 10.0 Å². The van der Waals surface area contributed by atoms with E-state index in [0.717, 1.165) is 15.8 Å². The maximum absolute atomic E-state index is 12.5. The quantitative estimate of drug-likeness (QED) is 0.758. The molecule has 0 heterocycles. The van der Waals surface area contributed by atoms with Crippen molar-refractivity contribution in [3.63, 3.8) is 0 Å². The summed E-state index contributed by atoms with van der Waals surface area (Å²) < 4.78 is 33.5. The highest BCUT2D eigenvalue weighted by Crippen LogP contribution is 2.22. The van der Waals surface area contributed by atoms with Crippen LogP contribution < -0.4 is 9.46 Å². The summed E-state index contributed by atoms with van der Waals surface area (Å²) in [5, 5.41) is 0. The van der Waals surface area contributed by atoms with Crippen molar-refractivity contribution in [3.8, 4) is 5.75 Å². The largest absolute Gasteiger partial charge is 0.497 e. The molecular weight excluding hydrogens is 392 g/mol. The van der Waals surface area contributed by atoms with Gasteiger partial charge in [0, 0.05) is 17.1 Å². The van der Waals surface area contributed by atoms with Crippen LogP contribution in [0.2, 0.25) is 0 Å². The average Bonchev–Trinajstić information content (AvgIpc) is 2.55. The molecule has 0 aliphatic rings. The zero-order valence-electron chi connectivity index (χ0n) is 13.9. The Kier molecular flexibility index (Phi) is 6.40. The van der Waals surface area contributed by atoms with Gasteiger partial charge in [0.25, 0.3) is 0 Å². The summed E-state index contributed by atoms with van der Waals surface area (Å²) in [7, 11) is 1.89. The number of hydrogen-bond donors (Lipinski definition) is 1. The number of ether oxygens (including phenoxy) is 1. The first-order chi connectivity index (χ1) is 11.3. The summed E-state index contributed by atoms with van der Waals surface area (Å²) in [5.41, 5.74) is 1.01.